The van der Waals surface area contributed by atoms with Crippen LogP contribution in [0.4, 0.5) is 5.69 Å². The Morgan fingerprint density at radius 2 is 2.06 bits per heavy atom. The SMILES string of the molecule is COc1ccc(N2C(=O)CC3CCCC=C32)cc1. The number of fused-ring (bicyclic) bond motifs is 1. The van der Waals surface area contributed by atoms with Crippen molar-refractivity contribution in [2.75, 3.05) is 12.0 Å². The number of allylic oxidation sites excluding steroid dienone is 2. The summed E-state index contributed by atoms with van der Waals surface area (Å²) < 4.78 is 5.15. The summed E-state index contributed by atoms with van der Waals surface area (Å²) in [5, 5.41) is 0. The van der Waals surface area contributed by atoms with Crippen molar-refractivity contribution in [2.24, 2.45) is 5.92 Å². The molecule has 1 unspecified atom stereocenters. The van der Waals surface area contributed by atoms with Crippen LogP contribution in [0.1, 0.15) is 25.7 Å². The topological polar surface area (TPSA) is 29.5 Å². The number of anilines is 1. The van der Waals surface area contributed by atoms with E-state index in [0.717, 1.165) is 24.3 Å². The van der Waals surface area contributed by atoms with Gasteiger partial charge in [-0.3, -0.25) is 9.69 Å². The molecule has 1 aliphatic carbocycles. The maximum atomic E-state index is 12.1. The molecule has 94 valence electrons. The molecule has 1 aliphatic heterocycles. The number of hydrogen-bond donors (Lipinski definition) is 0. The number of hydrogen-bond acceptors (Lipinski definition) is 2. The van der Waals surface area contributed by atoms with Crippen molar-refractivity contribution in [1.29, 1.82) is 0 Å². The van der Waals surface area contributed by atoms with E-state index >= 15 is 0 Å². The summed E-state index contributed by atoms with van der Waals surface area (Å²) in [6.45, 7) is 0. The fourth-order valence-corrected chi connectivity index (χ4v) is 2.88. The Hall–Kier alpha value is -1.77. The quantitative estimate of drug-likeness (QED) is 0.798. The lowest BCUT2D eigenvalue weighted by atomic mass is 9.92. The van der Waals surface area contributed by atoms with Gasteiger partial charge in [0.15, 0.2) is 0 Å². The van der Waals surface area contributed by atoms with E-state index in [-0.39, 0.29) is 5.91 Å². The van der Waals surface area contributed by atoms with Crippen LogP contribution in [-0.4, -0.2) is 13.0 Å². The van der Waals surface area contributed by atoms with Gasteiger partial charge in [-0.05, 0) is 43.5 Å². The van der Waals surface area contributed by atoms with Gasteiger partial charge in [-0.15, -0.1) is 0 Å². The van der Waals surface area contributed by atoms with E-state index in [1.165, 1.54) is 12.1 Å². The van der Waals surface area contributed by atoms with Crippen molar-refractivity contribution in [3.63, 3.8) is 0 Å². The molecule has 0 spiro atoms. The molecule has 1 atom stereocenters. The molecule has 1 amide bonds. The number of methoxy groups -OCH3 is 1. The van der Waals surface area contributed by atoms with Gasteiger partial charge in [0.05, 0.1) is 7.11 Å². The van der Waals surface area contributed by atoms with E-state index in [1.54, 1.807) is 7.11 Å². The van der Waals surface area contributed by atoms with Gasteiger partial charge in [0.25, 0.3) is 0 Å². The van der Waals surface area contributed by atoms with Crippen LogP contribution < -0.4 is 9.64 Å². The Labute approximate surface area is 107 Å². The highest BCUT2D eigenvalue weighted by Crippen LogP contribution is 2.39. The van der Waals surface area contributed by atoms with Crippen molar-refractivity contribution in [3.8, 4) is 5.75 Å². The molecular formula is C15H17NO2. The molecular weight excluding hydrogens is 226 g/mol. The van der Waals surface area contributed by atoms with Gasteiger partial charge in [-0.2, -0.15) is 0 Å². The van der Waals surface area contributed by atoms with Crippen molar-refractivity contribution < 1.29 is 9.53 Å². The second-order valence-electron chi connectivity index (χ2n) is 4.89. The molecule has 0 N–H and O–H groups in total. The Balaban J connectivity index is 1.94. The van der Waals surface area contributed by atoms with Crippen LogP contribution in [0, 0.1) is 5.92 Å². The average Bonchev–Trinajstić information content (AvgIpc) is 2.75. The maximum Gasteiger partial charge on any atom is 0.231 e. The van der Waals surface area contributed by atoms with E-state index in [1.807, 2.05) is 29.2 Å². The Morgan fingerprint density at radius 3 is 2.78 bits per heavy atom. The molecule has 0 bridgehead atoms. The van der Waals surface area contributed by atoms with Crippen LogP contribution in [0.15, 0.2) is 36.0 Å². The molecule has 1 saturated heterocycles. The summed E-state index contributed by atoms with van der Waals surface area (Å²) in [4.78, 5) is 14.0. The molecule has 18 heavy (non-hydrogen) atoms. The van der Waals surface area contributed by atoms with Gasteiger partial charge < -0.3 is 4.74 Å². The van der Waals surface area contributed by atoms with E-state index in [2.05, 4.69) is 6.08 Å². The molecule has 1 fully saturated rings. The van der Waals surface area contributed by atoms with Gasteiger partial charge in [-0.25, -0.2) is 0 Å². The molecule has 0 saturated carbocycles. The zero-order chi connectivity index (χ0) is 12.5. The molecule has 1 heterocycles. The van der Waals surface area contributed by atoms with Crippen LogP contribution in [0.25, 0.3) is 0 Å². The van der Waals surface area contributed by atoms with Crippen LogP contribution in [0.5, 0.6) is 5.75 Å². The number of nitrogens with zero attached hydrogens (tertiary/aromatic N) is 1. The number of benzene rings is 1. The standard InChI is InChI=1S/C15H17NO2/c1-18-13-8-6-12(7-9-13)16-14-5-3-2-4-11(14)10-15(16)17/h5-9,11H,2-4,10H2,1H3. The van der Waals surface area contributed by atoms with Crippen molar-refractivity contribution >= 4 is 11.6 Å². The van der Waals surface area contributed by atoms with Gasteiger partial charge in [-0.1, -0.05) is 6.08 Å². The minimum absolute atomic E-state index is 0.221. The van der Waals surface area contributed by atoms with Gasteiger partial charge in [0.1, 0.15) is 5.75 Å². The number of carbonyl (C=O) groups is 1. The predicted molar refractivity (Wildman–Crippen MR) is 70.5 cm³/mol. The van der Waals surface area contributed by atoms with E-state index in [4.69, 9.17) is 4.74 Å². The highest BCUT2D eigenvalue weighted by molar-refractivity contribution is 6.00. The molecule has 3 rings (SSSR count). The van der Waals surface area contributed by atoms with Crippen LogP contribution >= 0.6 is 0 Å². The number of amides is 1. The maximum absolute atomic E-state index is 12.1. The lowest BCUT2D eigenvalue weighted by molar-refractivity contribution is -0.117. The summed E-state index contributed by atoms with van der Waals surface area (Å²) in [7, 11) is 1.65. The highest BCUT2D eigenvalue weighted by Gasteiger charge is 2.36. The normalized spacial score (nSPS) is 22.7. The Kier molecular flexibility index (Phi) is 2.82. The summed E-state index contributed by atoms with van der Waals surface area (Å²) in [5.74, 6) is 1.48. The van der Waals surface area contributed by atoms with Crippen LogP contribution in [-0.2, 0) is 4.79 Å². The molecule has 1 aromatic rings. The zero-order valence-electron chi connectivity index (χ0n) is 10.6. The Bertz CT molecular complexity index is 490. The number of carbonyl (C=O) groups excluding carboxylic acids is 1. The third kappa shape index (κ3) is 1.80. The predicted octanol–water partition coefficient (Wildman–Crippen LogP) is 3.12. The lowest BCUT2D eigenvalue weighted by Gasteiger charge is -2.23. The summed E-state index contributed by atoms with van der Waals surface area (Å²) in [6, 6.07) is 7.71. The minimum Gasteiger partial charge on any atom is -0.497 e. The fraction of sp³-hybridized carbons (Fsp3) is 0.400. The first-order valence-electron chi connectivity index (χ1n) is 6.46. The molecule has 2 aliphatic rings. The van der Waals surface area contributed by atoms with Crippen LogP contribution in [0.3, 0.4) is 0 Å². The smallest absolute Gasteiger partial charge is 0.231 e. The first-order valence-corrected chi connectivity index (χ1v) is 6.46. The monoisotopic (exact) mass is 243 g/mol. The van der Waals surface area contributed by atoms with E-state index in [9.17, 15) is 4.79 Å². The lowest BCUT2D eigenvalue weighted by Crippen LogP contribution is -2.23. The average molecular weight is 243 g/mol. The highest BCUT2D eigenvalue weighted by atomic mass is 16.5. The molecule has 3 nitrogen and oxygen atoms in total. The van der Waals surface area contributed by atoms with Gasteiger partial charge >= 0.3 is 0 Å². The largest absolute Gasteiger partial charge is 0.497 e. The first kappa shape index (κ1) is 11.3. The fourth-order valence-electron chi connectivity index (χ4n) is 2.88. The summed E-state index contributed by atoms with van der Waals surface area (Å²) in [6.07, 6.45) is 6.33. The molecule has 1 aromatic carbocycles. The summed E-state index contributed by atoms with van der Waals surface area (Å²) >= 11 is 0. The van der Waals surface area contributed by atoms with Gasteiger partial charge in [0, 0.05) is 23.7 Å². The Morgan fingerprint density at radius 1 is 1.28 bits per heavy atom. The van der Waals surface area contributed by atoms with E-state index < -0.39 is 0 Å². The second-order valence-corrected chi connectivity index (χ2v) is 4.89. The molecule has 0 radical (unpaired) electrons. The van der Waals surface area contributed by atoms with E-state index in [0.29, 0.717) is 12.3 Å². The van der Waals surface area contributed by atoms with Crippen molar-refractivity contribution in [2.45, 2.75) is 25.7 Å². The van der Waals surface area contributed by atoms with Crippen molar-refractivity contribution in [3.05, 3.63) is 36.0 Å². The molecule has 0 aromatic heterocycles. The third-order valence-corrected chi connectivity index (χ3v) is 3.79. The first-order chi connectivity index (χ1) is 8.79. The van der Waals surface area contributed by atoms with Crippen molar-refractivity contribution in [1.82, 2.24) is 0 Å². The third-order valence-electron chi connectivity index (χ3n) is 3.79. The minimum atomic E-state index is 0.221. The van der Waals surface area contributed by atoms with Gasteiger partial charge in [0.2, 0.25) is 5.91 Å². The molecule has 3 heteroatoms. The zero-order valence-corrected chi connectivity index (χ0v) is 10.6. The number of ether oxygens (including phenoxy) is 1. The second kappa shape index (κ2) is 4.48. The summed E-state index contributed by atoms with van der Waals surface area (Å²) in [5.41, 5.74) is 2.16. The van der Waals surface area contributed by atoms with Crippen LogP contribution in [0.2, 0.25) is 0 Å². The number of rotatable bonds is 2.